The van der Waals surface area contributed by atoms with Crippen molar-refractivity contribution in [2.75, 3.05) is 0 Å². The number of carbonyl (C=O) groups is 1. The smallest absolute Gasteiger partial charge is 1.00 e. The van der Waals surface area contributed by atoms with E-state index in [0.29, 0.717) is 6.42 Å². The van der Waals surface area contributed by atoms with Crippen LogP contribution in [0.5, 0.6) is 0 Å². The second-order valence-electron chi connectivity index (χ2n) is 5.91. The van der Waals surface area contributed by atoms with E-state index in [-0.39, 0.29) is 112 Å². The summed E-state index contributed by atoms with van der Waals surface area (Å²) in [6.45, 7) is 2.20. The van der Waals surface area contributed by atoms with Gasteiger partial charge in [-0.3, -0.25) is 4.79 Å². The van der Waals surface area contributed by atoms with Crippen LogP contribution in [0.15, 0.2) is 12.2 Å². The molecule has 0 saturated heterocycles. The van der Waals surface area contributed by atoms with Crippen LogP contribution in [-0.4, -0.2) is 22.3 Å². The first kappa shape index (κ1) is 30.2. The number of carboxylic acid groups (broad SMARTS) is 1. The van der Waals surface area contributed by atoms with Crippen molar-refractivity contribution in [1.29, 1.82) is 0 Å². The minimum Gasteiger partial charge on any atom is -1.00 e. The average Bonchev–Trinajstić information content (AvgIpc) is 2.45. The molecule has 5 heteroatoms. The number of rotatable bonds is 15. The molecule has 0 aromatic heterocycles. The molecule has 0 amide bonds. The zero-order valence-corrected chi connectivity index (χ0v) is 22.0. The van der Waals surface area contributed by atoms with E-state index in [2.05, 4.69) is 19.1 Å². The second kappa shape index (κ2) is 24.4. The largest absolute Gasteiger partial charge is 1.00 e. The molecular weight excluding hydrogens is 342 g/mol. The summed E-state index contributed by atoms with van der Waals surface area (Å²) in [7, 11) is 0. The topological polar surface area (TPSA) is 57.5 Å². The van der Waals surface area contributed by atoms with Crippen molar-refractivity contribution in [2.45, 2.75) is 96.5 Å². The van der Waals surface area contributed by atoms with Gasteiger partial charge in [-0.2, -0.15) is 0 Å². The summed E-state index contributed by atoms with van der Waals surface area (Å²) in [6.07, 6.45) is 17.4. The first-order valence-electron chi connectivity index (χ1n) is 8.71. The van der Waals surface area contributed by atoms with Gasteiger partial charge >= 0.3 is 109 Å². The van der Waals surface area contributed by atoms with E-state index in [1.807, 2.05) is 0 Å². The van der Waals surface area contributed by atoms with Gasteiger partial charge in [0.1, 0.15) is 0 Å². The number of allylic oxidation sites excluding steroid dienone is 1. The van der Waals surface area contributed by atoms with Gasteiger partial charge in [-0.25, -0.2) is 0 Å². The standard InChI is InChI=1S/C18H34O3.2K.2H/c1-2-3-4-11-14-17(19)15-12-9-7-5-6-8-10-13-16-18(20)21;;;;/h9,12,17,19H,2-8,10-11,13-16H2,1H3,(H,20,21);;;;/q;2*+1;2*-1/b12-9-;;;;/t17-;;;;/m1..../s1. The predicted octanol–water partition coefficient (Wildman–Crippen LogP) is -0.688. The zero-order chi connectivity index (χ0) is 15.8. The molecule has 0 saturated carbocycles. The Bertz CT molecular complexity index is 281. The van der Waals surface area contributed by atoms with E-state index in [4.69, 9.17) is 5.11 Å². The van der Waals surface area contributed by atoms with Gasteiger partial charge in [0.05, 0.1) is 6.10 Å². The summed E-state index contributed by atoms with van der Waals surface area (Å²) < 4.78 is 0. The molecule has 23 heavy (non-hydrogen) atoms. The van der Waals surface area contributed by atoms with E-state index in [1.165, 1.54) is 25.7 Å². The normalized spacial score (nSPS) is 11.7. The molecule has 0 fully saturated rings. The maximum absolute atomic E-state index is 10.3. The molecule has 0 aliphatic rings. The Morgan fingerprint density at radius 2 is 1.57 bits per heavy atom. The number of unbranched alkanes of at least 4 members (excludes halogenated alkanes) is 8. The molecule has 3 nitrogen and oxygen atoms in total. The molecular formula is C18H36K2O3. The van der Waals surface area contributed by atoms with Gasteiger partial charge in [-0.05, 0) is 32.1 Å². The van der Waals surface area contributed by atoms with E-state index in [1.54, 1.807) is 0 Å². The number of hydrogen-bond acceptors (Lipinski definition) is 2. The number of aliphatic hydroxyl groups excluding tert-OH is 1. The van der Waals surface area contributed by atoms with Crippen LogP contribution in [-0.2, 0) is 4.79 Å². The van der Waals surface area contributed by atoms with Gasteiger partial charge in [0.15, 0.2) is 0 Å². The first-order valence-corrected chi connectivity index (χ1v) is 8.71. The van der Waals surface area contributed by atoms with E-state index in [9.17, 15) is 9.90 Å². The van der Waals surface area contributed by atoms with Gasteiger partial charge in [-0.15, -0.1) is 0 Å². The Morgan fingerprint density at radius 1 is 0.957 bits per heavy atom. The first-order chi connectivity index (χ1) is 10.2. The van der Waals surface area contributed by atoms with Gasteiger partial charge < -0.3 is 13.1 Å². The van der Waals surface area contributed by atoms with Gasteiger partial charge in [-0.1, -0.05) is 64.0 Å². The third kappa shape index (κ3) is 26.8. The molecule has 0 spiro atoms. The fourth-order valence-corrected chi connectivity index (χ4v) is 2.36. The molecule has 0 aliphatic carbocycles. The molecule has 0 bridgehead atoms. The summed E-state index contributed by atoms with van der Waals surface area (Å²) >= 11 is 0. The van der Waals surface area contributed by atoms with E-state index < -0.39 is 5.97 Å². The minimum absolute atomic E-state index is 0. The molecule has 0 aromatic carbocycles. The van der Waals surface area contributed by atoms with Crippen molar-refractivity contribution in [2.24, 2.45) is 0 Å². The second-order valence-corrected chi connectivity index (χ2v) is 5.91. The molecule has 0 radical (unpaired) electrons. The quantitative estimate of drug-likeness (QED) is 0.225. The summed E-state index contributed by atoms with van der Waals surface area (Å²) in [5, 5.41) is 18.3. The van der Waals surface area contributed by atoms with Crippen LogP contribution in [0.25, 0.3) is 0 Å². The van der Waals surface area contributed by atoms with Crippen LogP contribution in [0.1, 0.15) is 93.2 Å². The van der Waals surface area contributed by atoms with Crippen molar-refractivity contribution in [3.63, 3.8) is 0 Å². The van der Waals surface area contributed by atoms with Crippen molar-refractivity contribution >= 4 is 5.97 Å². The SMILES string of the molecule is CCCCCC[C@@H](O)C/C=C\CCCCCCCC(=O)O.[H-].[H-].[K+].[K+]. The van der Waals surface area contributed by atoms with Crippen LogP contribution in [0.3, 0.4) is 0 Å². The Labute approximate surface area is 231 Å². The monoisotopic (exact) mass is 378 g/mol. The number of aliphatic hydroxyl groups is 1. The zero-order valence-electron chi connectivity index (χ0n) is 17.7. The average molecular weight is 379 g/mol. The molecule has 128 valence electrons. The van der Waals surface area contributed by atoms with Crippen molar-refractivity contribution < 1.29 is 121 Å². The van der Waals surface area contributed by atoms with Crippen LogP contribution < -0.4 is 103 Å². The molecule has 2 N–H and O–H groups in total. The Hall–Kier alpha value is 2.44. The fraction of sp³-hybridized carbons (Fsp3) is 0.833. The van der Waals surface area contributed by atoms with Gasteiger partial charge in [0, 0.05) is 6.42 Å². The van der Waals surface area contributed by atoms with E-state index in [0.717, 1.165) is 51.4 Å². The summed E-state index contributed by atoms with van der Waals surface area (Å²) in [4.78, 5) is 10.3. The minimum atomic E-state index is -0.689. The number of hydrogen-bond donors (Lipinski definition) is 2. The Balaban J connectivity index is -0.000000333. The Morgan fingerprint density at radius 3 is 2.22 bits per heavy atom. The third-order valence-corrected chi connectivity index (χ3v) is 3.73. The third-order valence-electron chi connectivity index (χ3n) is 3.73. The van der Waals surface area contributed by atoms with Gasteiger partial charge in [0.25, 0.3) is 0 Å². The molecule has 0 unspecified atom stereocenters. The van der Waals surface area contributed by atoms with Crippen LogP contribution in [0.4, 0.5) is 0 Å². The van der Waals surface area contributed by atoms with Crippen LogP contribution >= 0.6 is 0 Å². The van der Waals surface area contributed by atoms with E-state index >= 15 is 0 Å². The molecule has 0 heterocycles. The maximum atomic E-state index is 10.3. The van der Waals surface area contributed by atoms with Crippen molar-refractivity contribution in [1.82, 2.24) is 0 Å². The van der Waals surface area contributed by atoms with Crippen molar-refractivity contribution in [3.05, 3.63) is 12.2 Å². The van der Waals surface area contributed by atoms with Crippen LogP contribution in [0.2, 0.25) is 0 Å². The fourth-order valence-electron chi connectivity index (χ4n) is 2.36. The number of aliphatic carboxylic acids is 1. The molecule has 0 aromatic rings. The summed E-state index contributed by atoms with van der Waals surface area (Å²) in [5.74, 6) is -0.689. The molecule has 1 atom stereocenters. The molecule has 0 rings (SSSR count). The van der Waals surface area contributed by atoms with Crippen LogP contribution in [0, 0.1) is 0 Å². The Kier molecular flexibility index (Phi) is 32.1. The molecule has 0 aliphatic heterocycles. The summed E-state index contributed by atoms with van der Waals surface area (Å²) in [5.41, 5.74) is 0. The van der Waals surface area contributed by atoms with Gasteiger partial charge in [0.2, 0.25) is 0 Å². The maximum Gasteiger partial charge on any atom is 1.00 e. The van der Waals surface area contributed by atoms with Crippen molar-refractivity contribution in [3.8, 4) is 0 Å². The summed E-state index contributed by atoms with van der Waals surface area (Å²) in [6, 6.07) is 0. The number of carboxylic acids is 1. The predicted molar refractivity (Wildman–Crippen MR) is 90.7 cm³/mol.